The molecule has 4 rings (SSSR count). The first-order valence-corrected chi connectivity index (χ1v) is 13.5. The molecule has 0 spiro atoms. The Labute approximate surface area is 225 Å². The van der Waals surface area contributed by atoms with Gasteiger partial charge in [-0.1, -0.05) is 23.8 Å². The monoisotopic (exact) mass is 550 g/mol. The summed E-state index contributed by atoms with van der Waals surface area (Å²) in [5.41, 5.74) is 8.28. The van der Waals surface area contributed by atoms with Gasteiger partial charge < -0.3 is 15.2 Å². The van der Waals surface area contributed by atoms with E-state index in [0.717, 1.165) is 16.7 Å². The van der Waals surface area contributed by atoms with E-state index in [1.165, 1.54) is 42.5 Å². The summed E-state index contributed by atoms with van der Waals surface area (Å²) in [4.78, 5) is 21.4. The molecule has 0 atom stereocenters. The summed E-state index contributed by atoms with van der Waals surface area (Å²) < 4.78 is 54.0. The molecule has 9 nitrogen and oxygen atoms in total. The van der Waals surface area contributed by atoms with Gasteiger partial charge in [-0.3, -0.25) is 4.79 Å². The number of rotatable bonds is 8. The third-order valence-corrected chi connectivity index (χ3v) is 6.92. The molecule has 0 unspecified atom stereocenters. The first-order valence-electron chi connectivity index (χ1n) is 12.0. The quantitative estimate of drug-likeness (QED) is 0.310. The van der Waals surface area contributed by atoms with Crippen LogP contribution in [0.3, 0.4) is 0 Å². The maximum absolute atomic E-state index is 15.0. The van der Waals surface area contributed by atoms with E-state index in [1.807, 2.05) is 37.6 Å². The van der Waals surface area contributed by atoms with Crippen LogP contribution in [-0.4, -0.2) is 30.9 Å². The number of hydrogen-bond acceptors (Lipinski definition) is 8. The lowest BCUT2D eigenvalue weighted by Gasteiger charge is -2.16. The smallest absolute Gasteiger partial charge is 0.281 e. The fraction of sp³-hybridized carbons (Fsp3) is 0.179. The van der Waals surface area contributed by atoms with E-state index in [4.69, 9.17) is 15.2 Å². The number of nitrogens with one attached hydrogen (secondary N) is 1. The first kappa shape index (κ1) is 27.5. The van der Waals surface area contributed by atoms with Crippen LogP contribution in [-0.2, 0) is 10.0 Å². The van der Waals surface area contributed by atoms with Gasteiger partial charge in [-0.15, -0.1) is 0 Å². The topological polar surface area (TPSA) is 134 Å². The Morgan fingerprint density at radius 3 is 2.36 bits per heavy atom. The van der Waals surface area contributed by atoms with E-state index >= 15 is 0 Å². The van der Waals surface area contributed by atoms with Gasteiger partial charge in [0.1, 0.15) is 28.7 Å². The lowest BCUT2D eigenvalue weighted by molar-refractivity contribution is 0.0978. The Morgan fingerprint density at radius 2 is 1.72 bits per heavy atom. The molecule has 11 heteroatoms. The number of nitrogens with two attached hydrogens (primary N) is 1. The van der Waals surface area contributed by atoms with Crippen LogP contribution >= 0.6 is 0 Å². The molecule has 0 aliphatic carbocycles. The highest BCUT2D eigenvalue weighted by molar-refractivity contribution is 7.90. The van der Waals surface area contributed by atoms with E-state index < -0.39 is 26.8 Å². The lowest BCUT2D eigenvalue weighted by Crippen LogP contribution is -2.31. The second-order valence-corrected chi connectivity index (χ2v) is 10.4. The number of carbonyl (C=O) groups is 1. The number of carbonyl (C=O) groups excluding carboxylic acids is 1. The molecule has 202 valence electrons. The standard InChI is InChI=1S/C28H27FN4O5S/c1-5-37-19-9-10-20(22(29)15-19)23-12-11-21(27(34)33-39(35,36)25-8-6-7-24(30)32-25)28(31-23)38-26-17(3)13-16(2)14-18(26)4/h6-15H,5H2,1-4H3,(H2,30,32)(H,33,34). The van der Waals surface area contributed by atoms with Gasteiger partial charge in [0.25, 0.3) is 15.9 Å². The van der Waals surface area contributed by atoms with Crippen LogP contribution in [0.1, 0.15) is 34.0 Å². The number of amides is 1. The van der Waals surface area contributed by atoms with E-state index in [9.17, 15) is 17.6 Å². The second-order valence-electron chi connectivity index (χ2n) is 8.79. The van der Waals surface area contributed by atoms with Crippen LogP contribution < -0.4 is 19.9 Å². The molecular formula is C28H27FN4O5S. The number of anilines is 1. The third-order valence-electron chi connectivity index (χ3n) is 5.68. The van der Waals surface area contributed by atoms with Gasteiger partial charge in [0.15, 0.2) is 5.03 Å². The number of sulfonamides is 1. The highest BCUT2D eigenvalue weighted by Gasteiger charge is 2.25. The van der Waals surface area contributed by atoms with Crippen LogP contribution in [0.4, 0.5) is 10.2 Å². The summed E-state index contributed by atoms with van der Waals surface area (Å²) in [5, 5.41) is -0.426. The summed E-state index contributed by atoms with van der Waals surface area (Å²) in [6, 6.07) is 14.9. The molecule has 39 heavy (non-hydrogen) atoms. The second kappa shape index (κ2) is 11.1. The van der Waals surface area contributed by atoms with Crippen molar-refractivity contribution in [3.05, 3.63) is 88.7 Å². The van der Waals surface area contributed by atoms with Crippen molar-refractivity contribution in [2.45, 2.75) is 32.7 Å². The van der Waals surface area contributed by atoms with Gasteiger partial charge in [-0.05, 0) is 75.2 Å². The van der Waals surface area contributed by atoms with Crippen LogP contribution in [0.2, 0.25) is 0 Å². The number of aryl methyl sites for hydroxylation is 3. The third kappa shape index (κ3) is 6.15. The Morgan fingerprint density at radius 1 is 1.00 bits per heavy atom. The summed E-state index contributed by atoms with van der Waals surface area (Å²) in [6.07, 6.45) is 0. The molecule has 0 saturated heterocycles. The molecule has 0 saturated carbocycles. The molecule has 4 aromatic rings. The molecule has 0 bridgehead atoms. The predicted molar refractivity (Wildman–Crippen MR) is 145 cm³/mol. The van der Waals surface area contributed by atoms with Gasteiger partial charge in [0.2, 0.25) is 5.88 Å². The summed E-state index contributed by atoms with van der Waals surface area (Å²) in [7, 11) is -4.37. The molecule has 1 amide bonds. The molecule has 0 fully saturated rings. The van der Waals surface area contributed by atoms with Crippen molar-refractivity contribution >= 4 is 21.7 Å². The maximum atomic E-state index is 15.0. The normalized spacial score (nSPS) is 11.2. The molecule has 0 aliphatic rings. The molecular weight excluding hydrogens is 523 g/mol. The fourth-order valence-electron chi connectivity index (χ4n) is 4.04. The van der Waals surface area contributed by atoms with Crippen LogP contribution in [0, 0.1) is 26.6 Å². The van der Waals surface area contributed by atoms with Crippen molar-refractivity contribution in [2.24, 2.45) is 0 Å². The van der Waals surface area contributed by atoms with Gasteiger partial charge in [-0.25, -0.2) is 19.1 Å². The molecule has 2 heterocycles. The molecule has 3 N–H and O–H groups in total. The SMILES string of the molecule is CCOc1ccc(-c2ccc(C(=O)NS(=O)(=O)c3cccc(N)n3)c(Oc3c(C)cc(C)cc3C)n2)c(F)c1. The minimum Gasteiger partial charge on any atom is -0.494 e. The Balaban J connectivity index is 1.78. The molecule has 0 aliphatic heterocycles. The van der Waals surface area contributed by atoms with Crippen LogP contribution in [0.5, 0.6) is 17.4 Å². The number of hydrogen-bond donors (Lipinski definition) is 2. The highest BCUT2D eigenvalue weighted by atomic mass is 32.2. The summed E-state index contributed by atoms with van der Waals surface area (Å²) in [6.45, 7) is 7.77. The minimum absolute atomic E-state index is 0.0249. The van der Waals surface area contributed by atoms with Crippen molar-refractivity contribution in [2.75, 3.05) is 12.3 Å². The highest BCUT2D eigenvalue weighted by Crippen LogP contribution is 2.33. The van der Waals surface area contributed by atoms with E-state index in [-0.39, 0.29) is 28.5 Å². The van der Waals surface area contributed by atoms with E-state index in [0.29, 0.717) is 18.1 Å². The average molecular weight is 551 g/mol. The summed E-state index contributed by atoms with van der Waals surface area (Å²) in [5.74, 6) is -1.03. The van der Waals surface area contributed by atoms with Gasteiger partial charge in [0.05, 0.1) is 12.3 Å². The van der Waals surface area contributed by atoms with Gasteiger partial charge in [-0.2, -0.15) is 8.42 Å². The van der Waals surface area contributed by atoms with E-state index in [1.54, 1.807) is 13.0 Å². The number of pyridine rings is 2. The number of benzene rings is 2. The number of aromatic nitrogens is 2. The van der Waals surface area contributed by atoms with Crippen molar-refractivity contribution in [1.82, 2.24) is 14.7 Å². The molecule has 0 radical (unpaired) electrons. The van der Waals surface area contributed by atoms with Crippen molar-refractivity contribution in [3.63, 3.8) is 0 Å². The van der Waals surface area contributed by atoms with Crippen LogP contribution in [0.25, 0.3) is 11.3 Å². The number of ether oxygens (including phenoxy) is 2. The van der Waals surface area contributed by atoms with Crippen molar-refractivity contribution in [1.29, 1.82) is 0 Å². The molecule has 2 aromatic carbocycles. The van der Waals surface area contributed by atoms with Crippen LogP contribution in [0.15, 0.2) is 65.7 Å². The average Bonchev–Trinajstić information content (AvgIpc) is 2.86. The lowest BCUT2D eigenvalue weighted by atomic mass is 10.1. The number of nitrogens with zero attached hydrogens (tertiary/aromatic N) is 2. The summed E-state index contributed by atoms with van der Waals surface area (Å²) >= 11 is 0. The van der Waals surface area contributed by atoms with Crippen molar-refractivity contribution < 1.29 is 27.1 Å². The molecule has 2 aromatic heterocycles. The van der Waals surface area contributed by atoms with Gasteiger partial charge in [0, 0.05) is 11.6 Å². The predicted octanol–water partition coefficient (Wildman–Crippen LogP) is 5.10. The zero-order valence-corrected chi connectivity index (χ0v) is 22.6. The Bertz CT molecular complexity index is 1650. The Kier molecular flexibility index (Phi) is 7.82. The maximum Gasteiger partial charge on any atom is 0.281 e. The first-order chi connectivity index (χ1) is 18.5. The van der Waals surface area contributed by atoms with E-state index in [2.05, 4.69) is 9.97 Å². The zero-order chi connectivity index (χ0) is 28.3. The zero-order valence-electron chi connectivity index (χ0n) is 21.8. The number of nitrogen functional groups attached to an aromatic ring is 1. The van der Waals surface area contributed by atoms with Crippen molar-refractivity contribution in [3.8, 4) is 28.6 Å². The Hall–Kier alpha value is -4.51. The number of halogens is 1. The largest absolute Gasteiger partial charge is 0.494 e. The minimum atomic E-state index is -4.37. The fourth-order valence-corrected chi connectivity index (χ4v) is 4.98. The van der Waals surface area contributed by atoms with Gasteiger partial charge >= 0.3 is 0 Å².